The number of hydrogen-bond donors (Lipinski definition) is 0. The third-order valence-corrected chi connectivity index (χ3v) is 14.8. The van der Waals surface area contributed by atoms with Crippen LogP contribution < -0.4 is 0 Å². The van der Waals surface area contributed by atoms with Crippen LogP contribution in [0.25, 0.3) is 21.5 Å². The molecule has 6 nitrogen and oxygen atoms in total. The van der Waals surface area contributed by atoms with E-state index in [9.17, 15) is 25.9 Å². The first-order valence-electron chi connectivity index (χ1n) is 25.9. The number of fused-ring (bicyclic) bond motifs is 2. The number of rotatable bonds is 34. The van der Waals surface area contributed by atoms with Gasteiger partial charge in [0.2, 0.25) is 0 Å². The molecule has 0 amide bonds. The largest absolute Gasteiger partial charge is 2.00 e. The molecule has 4 aromatic carbocycles. The van der Waals surface area contributed by atoms with Gasteiger partial charge in [0.1, 0.15) is 20.2 Å². The van der Waals surface area contributed by atoms with Gasteiger partial charge in [-0.3, -0.25) is 0 Å². The summed E-state index contributed by atoms with van der Waals surface area (Å²) in [6.45, 7) is 9.00. The van der Waals surface area contributed by atoms with Gasteiger partial charge in [-0.15, -0.1) is 0 Å². The molecule has 0 fully saturated rings. The van der Waals surface area contributed by atoms with E-state index in [4.69, 9.17) is 0 Å². The number of hydrogen-bond acceptors (Lipinski definition) is 6. The van der Waals surface area contributed by atoms with Crippen molar-refractivity contribution < 1.29 is 25.9 Å². The third kappa shape index (κ3) is 23.6. The molecular weight excluding hydrogens is 873 g/mol. The normalized spacial score (nSPS) is 11.8. The SMILES string of the molecule is CCCCCCCCCc1ccc2cc(S(=O)(=O)[O-])ccc2c1CCCCCCCCC.CCCCCCCCCc1ccc2cc(S(=O)(=O)[O-])ccc2c1CCCCCCCCC.[Ca+2]. The Kier molecular flexibility index (Phi) is 31.8. The monoisotopic (exact) mass is 959 g/mol. The number of benzene rings is 4. The molecule has 0 bridgehead atoms. The fraction of sp³-hybridized carbons (Fsp3) is 0.643. The van der Waals surface area contributed by atoms with Crippen molar-refractivity contribution in [3.8, 4) is 0 Å². The van der Waals surface area contributed by atoms with Crippen LogP contribution in [0.1, 0.15) is 230 Å². The van der Waals surface area contributed by atoms with Crippen LogP contribution >= 0.6 is 0 Å². The molecule has 9 heteroatoms. The van der Waals surface area contributed by atoms with Gasteiger partial charge in [-0.05, 0) is 119 Å². The molecule has 0 saturated carbocycles. The molecule has 0 atom stereocenters. The molecule has 0 N–H and O–H groups in total. The minimum Gasteiger partial charge on any atom is -0.744 e. The second-order valence-electron chi connectivity index (χ2n) is 18.6. The topological polar surface area (TPSA) is 114 Å². The number of unbranched alkanes of at least 4 members (excludes halogenated alkanes) is 24. The van der Waals surface area contributed by atoms with E-state index in [0.29, 0.717) is 0 Å². The Hall–Kier alpha value is -1.52. The molecule has 0 aliphatic carbocycles. The van der Waals surface area contributed by atoms with Crippen molar-refractivity contribution in [3.05, 3.63) is 82.9 Å². The van der Waals surface area contributed by atoms with E-state index in [1.54, 1.807) is 12.1 Å². The molecular formula is C56H86CaO6S2. The predicted molar refractivity (Wildman–Crippen MR) is 276 cm³/mol. The van der Waals surface area contributed by atoms with Crippen LogP contribution in [0.5, 0.6) is 0 Å². The molecule has 0 saturated heterocycles. The van der Waals surface area contributed by atoms with Gasteiger partial charge in [0.05, 0.1) is 9.79 Å². The van der Waals surface area contributed by atoms with Crippen LogP contribution in [0.2, 0.25) is 0 Å². The van der Waals surface area contributed by atoms with Gasteiger partial charge < -0.3 is 9.11 Å². The molecule has 0 radical (unpaired) electrons. The molecule has 0 heterocycles. The summed E-state index contributed by atoms with van der Waals surface area (Å²) >= 11 is 0. The first-order chi connectivity index (χ1) is 30.9. The fourth-order valence-corrected chi connectivity index (χ4v) is 10.3. The van der Waals surface area contributed by atoms with Gasteiger partial charge in [0.25, 0.3) is 0 Å². The minimum atomic E-state index is -4.43. The summed E-state index contributed by atoms with van der Waals surface area (Å²) in [6, 6.07) is 18.1. The van der Waals surface area contributed by atoms with Gasteiger partial charge in [-0.2, -0.15) is 0 Å². The Morgan fingerprint density at radius 3 is 0.877 bits per heavy atom. The molecule has 0 aliphatic rings. The van der Waals surface area contributed by atoms with Crippen LogP contribution in [-0.4, -0.2) is 63.7 Å². The zero-order valence-corrected chi connectivity index (χ0v) is 45.2. The zero-order valence-electron chi connectivity index (χ0n) is 41.4. The molecule has 0 aromatic heterocycles. The summed E-state index contributed by atoms with van der Waals surface area (Å²) in [6.07, 6.45) is 40.3. The van der Waals surface area contributed by atoms with E-state index in [1.807, 2.05) is 24.3 Å². The Morgan fingerprint density at radius 2 is 0.600 bits per heavy atom. The molecule has 4 aromatic rings. The summed E-state index contributed by atoms with van der Waals surface area (Å²) in [7, 11) is -8.85. The van der Waals surface area contributed by atoms with Gasteiger partial charge in [-0.25, -0.2) is 16.8 Å². The molecule has 4 rings (SSSR count). The summed E-state index contributed by atoms with van der Waals surface area (Å²) in [5, 5.41) is 3.96. The Morgan fingerprint density at radius 1 is 0.338 bits per heavy atom. The molecule has 65 heavy (non-hydrogen) atoms. The average molecular weight is 960 g/mol. The van der Waals surface area contributed by atoms with Crippen molar-refractivity contribution in [1.29, 1.82) is 0 Å². The van der Waals surface area contributed by atoms with E-state index in [2.05, 4.69) is 39.8 Å². The van der Waals surface area contributed by atoms with Gasteiger partial charge in [0, 0.05) is 0 Å². The quantitative estimate of drug-likeness (QED) is 0.0262. The second kappa shape index (κ2) is 34.7. The van der Waals surface area contributed by atoms with Crippen LogP contribution in [0.15, 0.2) is 70.5 Å². The third-order valence-electron chi connectivity index (χ3n) is 13.1. The summed E-state index contributed by atoms with van der Waals surface area (Å²) in [4.78, 5) is -0.265. The van der Waals surface area contributed by atoms with Crippen LogP contribution in [0, 0.1) is 0 Å². The maximum atomic E-state index is 11.5. The predicted octanol–water partition coefficient (Wildman–Crippen LogP) is 16.3. The zero-order chi connectivity index (χ0) is 46.5. The van der Waals surface area contributed by atoms with Crippen molar-refractivity contribution in [2.45, 2.75) is 243 Å². The van der Waals surface area contributed by atoms with E-state index in [0.717, 1.165) is 60.1 Å². The average Bonchev–Trinajstić information content (AvgIpc) is 3.27. The maximum Gasteiger partial charge on any atom is 2.00 e. The Balaban J connectivity index is 0.000000440. The molecule has 0 unspecified atom stereocenters. The number of aryl methyl sites for hydroxylation is 4. The summed E-state index contributed by atoms with van der Waals surface area (Å²) in [5.41, 5.74) is 5.51. The van der Waals surface area contributed by atoms with Crippen molar-refractivity contribution in [2.24, 2.45) is 0 Å². The van der Waals surface area contributed by atoms with Gasteiger partial charge in [-0.1, -0.05) is 218 Å². The Labute approximate surface area is 427 Å². The standard InChI is InChI=1S/2C28H44O3S.Ca/c2*1-3-5-7-9-11-13-15-17-24-19-20-25-23-26(32(29,30)31)21-22-28(25)27(24)18-16-14-12-10-8-6-4-2;/h2*19-23H,3-18H2,1-2H3,(H,29,30,31);/q;;+2/p-2. The van der Waals surface area contributed by atoms with Gasteiger partial charge in [0.15, 0.2) is 0 Å². The smallest absolute Gasteiger partial charge is 0.744 e. The van der Waals surface area contributed by atoms with E-state index < -0.39 is 20.2 Å². The molecule has 0 spiro atoms. The van der Waals surface area contributed by atoms with Gasteiger partial charge >= 0.3 is 37.7 Å². The second-order valence-corrected chi connectivity index (χ2v) is 21.3. The minimum absolute atomic E-state index is 0. The molecule has 360 valence electrons. The van der Waals surface area contributed by atoms with E-state index in [1.165, 1.54) is 201 Å². The van der Waals surface area contributed by atoms with Crippen molar-refractivity contribution in [3.63, 3.8) is 0 Å². The molecule has 0 aliphatic heterocycles. The van der Waals surface area contributed by atoms with Crippen LogP contribution in [0.4, 0.5) is 0 Å². The van der Waals surface area contributed by atoms with Crippen molar-refractivity contribution >= 4 is 79.5 Å². The van der Waals surface area contributed by atoms with Crippen LogP contribution in [-0.2, 0) is 45.9 Å². The maximum absolute atomic E-state index is 11.5. The van der Waals surface area contributed by atoms with Crippen molar-refractivity contribution in [1.82, 2.24) is 0 Å². The first-order valence-corrected chi connectivity index (χ1v) is 28.8. The van der Waals surface area contributed by atoms with Crippen LogP contribution in [0.3, 0.4) is 0 Å². The van der Waals surface area contributed by atoms with Crippen molar-refractivity contribution in [2.75, 3.05) is 0 Å². The van der Waals surface area contributed by atoms with E-state index >= 15 is 0 Å². The summed E-state index contributed by atoms with van der Waals surface area (Å²) < 4.78 is 68.8. The van der Waals surface area contributed by atoms with E-state index in [-0.39, 0.29) is 47.5 Å². The fourth-order valence-electron chi connectivity index (χ4n) is 9.27. The summed E-state index contributed by atoms with van der Waals surface area (Å²) in [5.74, 6) is 0. The Bertz CT molecular complexity index is 1960. The first kappa shape index (κ1) is 59.6.